The minimum absolute atomic E-state index is 0.371. The highest BCUT2D eigenvalue weighted by Gasteiger charge is 2.19. The number of aliphatic carboxylic acids is 1. The van der Waals surface area contributed by atoms with Crippen molar-refractivity contribution in [3.05, 3.63) is 72.1 Å². The van der Waals surface area contributed by atoms with E-state index in [1.165, 1.54) is 0 Å². The van der Waals surface area contributed by atoms with E-state index in [4.69, 9.17) is 15.6 Å². The second kappa shape index (κ2) is 7.63. The van der Waals surface area contributed by atoms with Crippen molar-refractivity contribution in [3.8, 4) is 5.75 Å². The number of nitrogens with zero attached hydrogens (tertiary/aromatic N) is 2. The fraction of sp³-hybridized carbons (Fsp3) is 0.136. The molecule has 0 aliphatic heterocycles. The third-order valence-electron chi connectivity index (χ3n) is 4.81. The molecule has 3 N–H and O–H groups in total. The van der Waals surface area contributed by atoms with E-state index in [1.54, 1.807) is 30.5 Å². The van der Waals surface area contributed by atoms with Crippen molar-refractivity contribution in [2.45, 2.75) is 13.0 Å². The van der Waals surface area contributed by atoms with Crippen LogP contribution in [0.2, 0.25) is 0 Å². The first-order chi connectivity index (χ1) is 14.1. The molecule has 0 atom stereocenters. The maximum absolute atomic E-state index is 12.1. The van der Waals surface area contributed by atoms with Gasteiger partial charge in [0, 0.05) is 35.8 Å². The topological polar surface area (TPSA) is 107 Å². The van der Waals surface area contributed by atoms with Crippen molar-refractivity contribution in [2.75, 3.05) is 6.61 Å². The Kier molecular flexibility index (Phi) is 4.87. The molecule has 4 rings (SSSR count). The SMILES string of the molecule is NC(=O)c1cccc2c1c1c(OCC(=O)O)cccc1n2CCc1ccccn1. The summed E-state index contributed by atoms with van der Waals surface area (Å²) in [6, 6.07) is 16.6. The van der Waals surface area contributed by atoms with Gasteiger partial charge in [0.15, 0.2) is 6.61 Å². The predicted molar refractivity (Wildman–Crippen MR) is 109 cm³/mol. The van der Waals surface area contributed by atoms with E-state index < -0.39 is 18.5 Å². The molecule has 0 saturated carbocycles. The molecule has 4 aromatic rings. The van der Waals surface area contributed by atoms with Gasteiger partial charge in [-0.1, -0.05) is 18.2 Å². The van der Waals surface area contributed by atoms with E-state index in [2.05, 4.69) is 9.55 Å². The van der Waals surface area contributed by atoms with Crippen LogP contribution in [0.5, 0.6) is 5.75 Å². The molecule has 0 spiro atoms. The average molecular weight is 389 g/mol. The van der Waals surface area contributed by atoms with E-state index in [0.717, 1.165) is 16.7 Å². The fourth-order valence-electron chi connectivity index (χ4n) is 3.63. The Hall–Kier alpha value is -3.87. The number of aryl methyl sites for hydroxylation is 2. The third kappa shape index (κ3) is 3.50. The van der Waals surface area contributed by atoms with E-state index in [1.807, 2.05) is 30.3 Å². The van der Waals surface area contributed by atoms with Crippen LogP contribution in [0.1, 0.15) is 16.1 Å². The molecule has 2 heterocycles. The zero-order valence-electron chi connectivity index (χ0n) is 15.5. The van der Waals surface area contributed by atoms with Crippen LogP contribution in [0, 0.1) is 0 Å². The molecule has 1 amide bonds. The van der Waals surface area contributed by atoms with Crippen LogP contribution < -0.4 is 10.5 Å². The summed E-state index contributed by atoms with van der Waals surface area (Å²) in [7, 11) is 0. The molecule has 2 aromatic heterocycles. The van der Waals surface area contributed by atoms with Crippen LogP contribution in [0.3, 0.4) is 0 Å². The lowest BCUT2D eigenvalue weighted by Crippen LogP contribution is -2.11. The molecule has 0 radical (unpaired) electrons. The summed E-state index contributed by atoms with van der Waals surface area (Å²) in [4.78, 5) is 27.5. The summed E-state index contributed by atoms with van der Waals surface area (Å²) in [6.45, 7) is 0.153. The molecule has 0 aliphatic carbocycles. The second-order valence-corrected chi connectivity index (χ2v) is 6.62. The van der Waals surface area contributed by atoms with Crippen LogP contribution in [0.15, 0.2) is 60.8 Å². The van der Waals surface area contributed by atoms with E-state index in [0.29, 0.717) is 35.1 Å². The molecule has 29 heavy (non-hydrogen) atoms. The van der Waals surface area contributed by atoms with E-state index >= 15 is 0 Å². The molecule has 0 aliphatic rings. The van der Waals surface area contributed by atoms with Crippen molar-refractivity contribution < 1.29 is 19.4 Å². The lowest BCUT2D eigenvalue weighted by Gasteiger charge is -2.08. The molecule has 0 saturated heterocycles. The minimum Gasteiger partial charge on any atom is -0.481 e. The Labute approximate surface area is 166 Å². The monoisotopic (exact) mass is 389 g/mol. The molecule has 7 heteroatoms. The lowest BCUT2D eigenvalue weighted by atomic mass is 10.1. The maximum atomic E-state index is 12.1. The number of carboxylic acids is 1. The van der Waals surface area contributed by atoms with Gasteiger partial charge in [0.05, 0.1) is 16.4 Å². The van der Waals surface area contributed by atoms with Gasteiger partial charge in [0.2, 0.25) is 5.91 Å². The number of benzene rings is 2. The van der Waals surface area contributed by atoms with Gasteiger partial charge in [-0.2, -0.15) is 0 Å². The van der Waals surface area contributed by atoms with Crippen molar-refractivity contribution in [3.63, 3.8) is 0 Å². The summed E-state index contributed by atoms with van der Waals surface area (Å²) in [6.07, 6.45) is 2.45. The normalized spacial score (nSPS) is 11.0. The summed E-state index contributed by atoms with van der Waals surface area (Å²) in [5.41, 5.74) is 8.62. The Morgan fingerprint density at radius 3 is 2.45 bits per heavy atom. The first-order valence-electron chi connectivity index (χ1n) is 9.14. The number of primary amides is 1. The predicted octanol–water partition coefficient (Wildman–Crippen LogP) is 2.99. The number of hydrogen-bond donors (Lipinski definition) is 2. The number of carbonyl (C=O) groups excluding carboxylic acids is 1. The number of pyridine rings is 1. The van der Waals surface area contributed by atoms with Crippen LogP contribution in [-0.2, 0) is 17.8 Å². The fourth-order valence-corrected chi connectivity index (χ4v) is 3.63. The maximum Gasteiger partial charge on any atom is 0.341 e. The zero-order chi connectivity index (χ0) is 20.4. The zero-order valence-corrected chi connectivity index (χ0v) is 15.5. The Balaban J connectivity index is 1.92. The molecular weight excluding hydrogens is 370 g/mol. The van der Waals surface area contributed by atoms with Crippen molar-refractivity contribution in [2.24, 2.45) is 5.73 Å². The quantitative estimate of drug-likeness (QED) is 0.505. The van der Waals surface area contributed by atoms with E-state index in [9.17, 15) is 9.59 Å². The molecular formula is C22H19N3O4. The number of ether oxygens (including phenoxy) is 1. The summed E-state index contributed by atoms with van der Waals surface area (Å²) in [5, 5.41) is 10.4. The van der Waals surface area contributed by atoms with Gasteiger partial charge < -0.3 is 20.1 Å². The minimum atomic E-state index is -1.07. The molecule has 2 aromatic carbocycles. The van der Waals surface area contributed by atoms with Crippen molar-refractivity contribution in [1.82, 2.24) is 9.55 Å². The standard InChI is InChI=1S/C22H19N3O4/c23-22(28)15-6-3-7-16-20(15)21-17(8-4-9-18(21)29-13-19(26)27)25(16)12-10-14-5-1-2-11-24-14/h1-9,11H,10,12-13H2,(H2,23,28)(H,26,27). The highest BCUT2D eigenvalue weighted by atomic mass is 16.5. The molecule has 0 bridgehead atoms. The first-order valence-corrected chi connectivity index (χ1v) is 9.14. The van der Waals surface area contributed by atoms with Gasteiger partial charge in [0.1, 0.15) is 5.75 Å². The van der Waals surface area contributed by atoms with E-state index in [-0.39, 0.29) is 0 Å². The van der Waals surface area contributed by atoms with Crippen LogP contribution in [0.4, 0.5) is 0 Å². The van der Waals surface area contributed by atoms with Gasteiger partial charge in [-0.25, -0.2) is 4.79 Å². The van der Waals surface area contributed by atoms with Gasteiger partial charge in [-0.3, -0.25) is 9.78 Å². The third-order valence-corrected chi connectivity index (χ3v) is 4.81. The van der Waals surface area contributed by atoms with Gasteiger partial charge >= 0.3 is 5.97 Å². The van der Waals surface area contributed by atoms with Crippen molar-refractivity contribution in [1.29, 1.82) is 0 Å². The number of rotatable bonds is 7. The summed E-state index contributed by atoms with van der Waals surface area (Å²) < 4.78 is 7.61. The van der Waals surface area contributed by atoms with Gasteiger partial charge in [0.25, 0.3) is 0 Å². The Morgan fingerprint density at radius 2 is 1.76 bits per heavy atom. The van der Waals surface area contributed by atoms with Crippen LogP contribution in [0.25, 0.3) is 21.8 Å². The molecule has 0 unspecified atom stereocenters. The van der Waals surface area contributed by atoms with Gasteiger partial charge in [-0.05, 0) is 36.4 Å². The number of amides is 1. The lowest BCUT2D eigenvalue weighted by molar-refractivity contribution is -0.139. The highest BCUT2D eigenvalue weighted by molar-refractivity contribution is 6.19. The number of nitrogens with two attached hydrogens (primary N) is 1. The Bertz CT molecular complexity index is 1220. The second-order valence-electron chi connectivity index (χ2n) is 6.62. The van der Waals surface area contributed by atoms with Crippen LogP contribution in [-0.4, -0.2) is 33.1 Å². The summed E-state index contributed by atoms with van der Waals surface area (Å²) >= 11 is 0. The number of carboxylic acid groups (broad SMARTS) is 1. The number of fused-ring (bicyclic) bond motifs is 3. The first kappa shape index (κ1) is 18.5. The summed E-state index contributed by atoms with van der Waals surface area (Å²) in [5.74, 6) is -1.22. The smallest absolute Gasteiger partial charge is 0.341 e. The number of aromatic nitrogens is 2. The average Bonchev–Trinajstić information content (AvgIpc) is 3.05. The highest BCUT2D eigenvalue weighted by Crippen LogP contribution is 2.37. The molecule has 146 valence electrons. The molecule has 7 nitrogen and oxygen atoms in total. The Morgan fingerprint density at radius 1 is 1.00 bits per heavy atom. The number of carbonyl (C=O) groups is 2. The number of hydrogen-bond acceptors (Lipinski definition) is 4. The van der Waals surface area contributed by atoms with Crippen molar-refractivity contribution >= 4 is 33.7 Å². The van der Waals surface area contributed by atoms with Crippen LogP contribution >= 0.6 is 0 Å². The largest absolute Gasteiger partial charge is 0.481 e. The van der Waals surface area contributed by atoms with Gasteiger partial charge in [-0.15, -0.1) is 0 Å². The molecule has 0 fully saturated rings.